The average Bonchev–Trinajstić information content (AvgIpc) is 3.56. The van der Waals surface area contributed by atoms with Gasteiger partial charge in [0.15, 0.2) is 5.82 Å². The lowest BCUT2D eigenvalue weighted by Gasteiger charge is -2.43. The molecule has 1 spiro atoms. The van der Waals surface area contributed by atoms with E-state index in [4.69, 9.17) is 4.74 Å². The van der Waals surface area contributed by atoms with Crippen LogP contribution >= 0.6 is 0 Å². The number of hydrogen-bond acceptors (Lipinski definition) is 9. The molecule has 2 fully saturated rings. The highest BCUT2D eigenvalue weighted by Gasteiger charge is 2.47. The zero-order valence-corrected chi connectivity index (χ0v) is 23.1. The van der Waals surface area contributed by atoms with Crippen molar-refractivity contribution in [3.63, 3.8) is 0 Å². The number of hydrogen-bond donors (Lipinski definition) is 2. The number of amides is 1. The molecule has 0 saturated carbocycles. The first-order valence-corrected chi connectivity index (χ1v) is 14.9. The molecule has 212 valence electrons. The molecular formula is C27H33N7O5S. The fourth-order valence-electron chi connectivity index (χ4n) is 5.97. The first-order chi connectivity index (χ1) is 19.2. The molecule has 3 aliphatic rings. The second-order valence-corrected chi connectivity index (χ2v) is 12.7. The lowest BCUT2D eigenvalue weighted by Crippen LogP contribution is -2.59. The number of aliphatic hydroxyl groups excluding tert-OH is 1. The lowest BCUT2D eigenvalue weighted by atomic mass is 9.84. The molecule has 2 aromatic heterocycles. The van der Waals surface area contributed by atoms with Gasteiger partial charge in [-0.05, 0) is 42.7 Å². The van der Waals surface area contributed by atoms with Crippen LogP contribution in [0.1, 0.15) is 31.2 Å². The third-order valence-electron chi connectivity index (χ3n) is 8.20. The number of nitrogens with one attached hydrogen (secondary N) is 1. The van der Waals surface area contributed by atoms with Crippen LogP contribution in [0.15, 0.2) is 53.9 Å². The first-order valence-electron chi connectivity index (χ1n) is 13.5. The number of rotatable bonds is 3. The standard InChI is InChI=1S/C27H33N7O5S/c1-32-25(29-18-30-32)20-4-5-24-23(13-20)39-12-8-27(6-10-33(11-7-27)16-19-3-2-9-28-15-19)31-26(36)22-14-21(35)17-34(22)40(24,37)38/h2-5,9,13,15,18,21-22,35H,6-8,10-12,14,16-17H2,1H3,(H,31,36)/t21-,22+/m1/s1. The van der Waals surface area contributed by atoms with Crippen LogP contribution in [0.4, 0.5) is 0 Å². The van der Waals surface area contributed by atoms with Gasteiger partial charge in [0, 0.05) is 69.6 Å². The van der Waals surface area contributed by atoms with Gasteiger partial charge in [-0.3, -0.25) is 14.7 Å². The van der Waals surface area contributed by atoms with Crippen LogP contribution in [-0.2, 0) is 28.4 Å². The molecule has 0 bridgehead atoms. The van der Waals surface area contributed by atoms with Crippen LogP contribution in [0.5, 0.6) is 5.75 Å². The smallest absolute Gasteiger partial charge is 0.247 e. The molecule has 3 aromatic rings. The van der Waals surface area contributed by atoms with E-state index in [0.717, 1.165) is 29.5 Å². The summed E-state index contributed by atoms with van der Waals surface area (Å²) in [7, 11) is -2.39. The van der Waals surface area contributed by atoms with Crippen molar-refractivity contribution in [3.05, 3.63) is 54.6 Å². The van der Waals surface area contributed by atoms with Crippen molar-refractivity contribution in [3.8, 4) is 17.1 Å². The summed E-state index contributed by atoms with van der Waals surface area (Å²) in [6.07, 6.45) is 6.05. The minimum atomic E-state index is -4.15. The van der Waals surface area contributed by atoms with Crippen molar-refractivity contribution in [2.75, 3.05) is 26.2 Å². The van der Waals surface area contributed by atoms with Crippen LogP contribution < -0.4 is 10.1 Å². The maximum atomic E-state index is 13.9. The molecule has 2 N–H and O–H groups in total. The van der Waals surface area contributed by atoms with Crippen molar-refractivity contribution in [2.24, 2.45) is 7.05 Å². The number of fused-ring (bicyclic) bond motifs is 2. The van der Waals surface area contributed by atoms with E-state index in [1.807, 2.05) is 18.3 Å². The maximum Gasteiger partial charge on any atom is 0.247 e. The number of likely N-dealkylation sites (tertiary alicyclic amines) is 1. The highest BCUT2D eigenvalue weighted by atomic mass is 32.2. The number of aromatic nitrogens is 4. The minimum absolute atomic E-state index is 0.0347. The Bertz CT molecular complexity index is 1490. The summed E-state index contributed by atoms with van der Waals surface area (Å²) in [6, 6.07) is 7.77. The molecule has 40 heavy (non-hydrogen) atoms. The molecule has 3 aliphatic heterocycles. The first kappa shape index (κ1) is 26.8. The fourth-order valence-corrected chi connectivity index (χ4v) is 7.72. The summed E-state index contributed by atoms with van der Waals surface area (Å²) in [5.41, 5.74) is 1.23. The number of nitrogens with zero attached hydrogens (tertiary/aromatic N) is 6. The zero-order valence-electron chi connectivity index (χ0n) is 22.3. The van der Waals surface area contributed by atoms with Crippen LogP contribution in [0.2, 0.25) is 0 Å². The molecule has 0 radical (unpaired) electrons. The van der Waals surface area contributed by atoms with Crippen LogP contribution in [-0.4, -0.2) is 92.3 Å². The average molecular weight is 568 g/mol. The number of piperidine rings is 1. The second-order valence-electron chi connectivity index (χ2n) is 10.9. The van der Waals surface area contributed by atoms with E-state index in [9.17, 15) is 18.3 Å². The van der Waals surface area contributed by atoms with Crippen molar-refractivity contribution >= 4 is 15.9 Å². The zero-order chi connectivity index (χ0) is 27.9. The second kappa shape index (κ2) is 10.5. The van der Waals surface area contributed by atoms with Gasteiger partial charge in [-0.2, -0.15) is 9.40 Å². The van der Waals surface area contributed by atoms with E-state index >= 15 is 0 Å². The predicted octanol–water partition coefficient (Wildman–Crippen LogP) is 0.935. The summed E-state index contributed by atoms with van der Waals surface area (Å²) in [6.45, 7) is 2.36. The minimum Gasteiger partial charge on any atom is -0.492 e. The number of benzene rings is 1. The highest BCUT2D eigenvalue weighted by Crippen LogP contribution is 2.37. The van der Waals surface area contributed by atoms with Crippen LogP contribution in [0.3, 0.4) is 0 Å². The predicted molar refractivity (Wildman–Crippen MR) is 144 cm³/mol. The quantitative estimate of drug-likeness (QED) is 0.473. The normalized spacial score (nSPS) is 24.9. The van der Waals surface area contributed by atoms with E-state index in [2.05, 4.69) is 25.3 Å². The number of pyridine rings is 1. The number of carbonyl (C=O) groups excluding carboxylic acids is 1. The fraction of sp³-hybridized carbons (Fsp3) is 0.481. The Morgan fingerprint density at radius 3 is 2.75 bits per heavy atom. The molecule has 0 aliphatic carbocycles. The third kappa shape index (κ3) is 5.09. The van der Waals surface area contributed by atoms with Gasteiger partial charge >= 0.3 is 0 Å². The molecule has 13 heteroatoms. The summed E-state index contributed by atoms with van der Waals surface area (Å²) in [5, 5.41) is 17.8. The highest BCUT2D eigenvalue weighted by molar-refractivity contribution is 7.89. The van der Waals surface area contributed by atoms with Gasteiger partial charge < -0.3 is 15.2 Å². The Kier molecular flexibility index (Phi) is 7.07. The lowest BCUT2D eigenvalue weighted by molar-refractivity contribution is -0.127. The van der Waals surface area contributed by atoms with Crippen molar-refractivity contribution in [2.45, 2.75) is 54.8 Å². The van der Waals surface area contributed by atoms with E-state index in [1.165, 1.54) is 12.4 Å². The van der Waals surface area contributed by atoms with Gasteiger partial charge in [0.05, 0.1) is 12.7 Å². The van der Waals surface area contributed by atoms with E-state index in [-0.39, 0.29) is 36.1 Å². The van der Waals surface area contributed by atoms with Crippen LogP contribution in [0, 0.1) is 0 Å². The van der Waals surface area contributed by atoms with Crippen LogP contribution in [0.25, 0.3) is 11.4 Å². The molecule has 0 unspecified atom stereocenters. The van der Waals surface area contributed by atoms with Crippen molar-refractivity contribution < 1.29 is 23.1 Å². The molecule has 1 aromatic carbocycles. The Labute approximate surface area is 233 Å². The topological polar surface area (TPSA) is 143 Å². The number of sulfonamides is 1. The van der Waals surface area contributed by atoms with Gasteiger partial charge in [-0.1, -0.05) is 6.07 Å². The Balaban J connectivity index is 1.31. The Hall–Kier alpha value is -3.39. The van der Waals surface area contributed by atoms with Gasteiger partial charge in [0.25, 0.3) is 0 Å². The van der Waals surface area contributed by atoms with Gasteiger partial charge in [-0.15, -0.1) is 0 Å². The van der Waals surface area contributed by atoms with Gasteiger partial charge in [-0.25, -0.2) is 18.1 Å². The summed E-state index contributed by atoms with van der Waals surface area (Å²) < 4.78 is 36.7. The SMILES string of the molecule is Cn1ncnc1-c1ccc2c(c1)OCCC1(CCN(Cc3cccnc3)CC1)NC(=O)[C@@H]1C[C@@H](O)CN1S2(=O)=O. The van der Waals surface area contributed by atoms with E-state index in [0.29, 0.717) is 30.7 Å². The molecule has 2 saturated heterocycles. The monoisotopic (exact) mass is 567 g/mol. The number of aliphatic hydroxyl groups is 1. The van der Waals surface area contributed by atoms with Gasteiger partial charge in [0.2, 0.25) is 15.9 Å². The molecular weight excluding hydrogens is 534 g/mol. The van der Waals surface area contributed by atoms with Crippen molar-refractivity contribution in [1.29, 1.82) is 0 Å². The largest absolute Gasteiger partial charge is 0.492 e. The van der Waals surface area contributed by atoms with E-state index < -0.39 is 27.7 Å². The maximum absolute atomic E-state index is 13.9. The molecule has 2 atom stereocenters. The summed E-state index contributed by atoms with van der Waals surface area (Å²) >= 11 is 0. The summed E-state index contributed by atoms with van der Waals surface area (Å²) in [4.78, 5) is 24.4. The molecule has 5 heterocycles. The number of ether oxygens (including phenoxy) is 1. The molecule has 6 rings (SSSR count). The number of carbonyl (C=O) groups is 1. The molecule has 12 nitrogen and oxygen atoms in total. The third-order valence-corrected chi connectivity index (χ3v) is 10.1. The van der Waals surface area contributed by atoms with E-state index in [1.54, 1.807) is 30.1 Å². The Morgan fingerprint density at radius 2 is 2.02 bits per heavy atom. The summed E-state index contributed by atoms with van der Waals surface area (Å²) in [5.74, 6) is 0.390. The Morgan fingerprint density at radius 1 is 1.20 bits per heavy atom. The van der Waals surface area contributed by atoms with Gasteiger partial charge in [0.1, 0.15) is 23.0 Å². The number of aryl methyl sites for hydroxylation is 1. The molecule has 1 amide bonds. The van der Waals surface area contributed by atoms with Crippen molar-refractivity contribution in [1.82, 2.24) is 34.3 Å².